The molecule has 0 bridgehead atoms. The van der Waals surface area contributed by atoms with Crippen LogP contribution in [0.3, 0.4) is 0 Å². The maximum absolute atomic E-state index is 13.2. The number of fused-ring (bicyclic) bond motifs is 1. The molecule has 0 saturated carbocycles. The van der Waals surface area contributed by atoms with Crippen molar-refractivity contribution in [1.29, 1.82) is 0 Å². The van der Waals surface area contributed by atoms with Crippen molar-refractivity contribution in [3.8, 4) is 0 Å². The summed E-state index contributed by atoms with van der Waals surface area (Å²) < 4.78 is 7.95. The Kier molecular flexibility index (Phi) is 5.27. The van der Waals surface area contributed by atoms with Gasteiger partial charge in [0.15, 0.2) is 0 Å². The van der Waals surface area contributed by atoms with Gasteiger partial charge in [0, 0.05) is 56.4 Å². The number of benzene rings is 1. The van der Waals surface area contributed by atoms with Crippen molar-refractivity contribution in [2.24, 2.45) is 0 Å². The smallest absolute Gasteiger partial charge is 0.256 e. The summed E-state index contributed by atoms with van der Waals surface area (Å²) in [5.74, 6) is 0.173. The molecule has 1 aromatic carbocycles. The number of para-hydroxylation sites is 1. The first-order valence-corrected chi connectivity index (χ1v) is 9.97. The molecule has 2 saturated heterocycles. The average Bonchev–Trinajstić information content (AvgIpc) is 3.24. The van der Waals surface area contributed by atoms with Crippen LogP contribution in [-0.4, -0.2) is 65.7 Å². The van der Waals surface area contributed by atoms with Crippen LogP contribution in [0.2, 0.25) is 0 Å². The zero-order valence-corrected chi connectivity index (χ0v) is 15.7. The lowest BCUT2D eigenvalue weighted by Crippen LogP contribution is -2.37. The molecule has 0 unspecified atom stereocenters. The van der Waals surface area contributed by atoms with E-state index < -0.39 is 0 Å². The van der Waals surface area contributed by atoms with Crippen molar-refractivity contribution in [3.63, 3.8) is 0 Å². The second-order valence-electron chi connectivity index (χ2n) is 7.43. The minimum atomic E-state index is 0.173. The van der Waals surface area contributed by atoms with Gasteiger partial charge >= 0.3 is 0 Å². The Morgan fingerprint density at radius 1 is 1.15 bits per heavy atom. The molecule has 4 rings (SSSR count). The lowest BCUT2D eigenvalue weighted by Gasteiger charge is -2.24. The first kappa shape index (κ1) is 17.6. The van der Waals surface area contributed by atoms with Gasteiger partial charge in [0.05, 0.1) is 11.7 Å². The summed E-state index contributed by atoms with van der Waals surface area (Å²) in [6, 6.07) is 8.22. The van der Waals surface area contributed by atoms with Crippen molar-refractivity contribution in [2.75, 3.05) is 39.3 Å². The molecule has 26 heavy (non-hydrogen) atoms. The van der Waals surface area contributed by atoms with Crippen LogP contribution in [0.15, 0.2) is 30.5 Å². The summed E-state index contributed by atoms with van der Waals surface area (Å²) in [6.45, 7) is 8.56. The molecule has 0 N–H and O–H groups in total. The molecule has 1 atom stereocenters. The summed E-state index contributed by atoms with van der Waals surface area (Å²) in [7, 11) is 0. The highest BCUT2D eigenvalue weighted by Gasteiger charge is 2.25. The van der Waals surface area contributed by atoms with Gasteiger partial charge in [0.2, 0.25) is 0 Å². The van der Waals surface area contributed by atoms with E-state index in [2.05, 4.69) is 28.5 Å². The number of hydrogen-bond acceptors (Lipinski definition) is 3. The summed E-state index contributed by atoms with van der Waals surface area (Å²) in [5, 5.41) is 1.07. The third kappa shape index (κ3) is 3.51. The van der Waals surface area contributed by atoms with E-state index in [4.69, 9.17) is 4.74 Å². The third-order valence-electron chi connectivity index (χ3n) is 5.72. The fourth-order valence-corrected chi connectivity index (χ4v) is 4.28. The number of hydrogen-bond donors (Lipinski definition) is 0. The molecule has 2 aliphatic rings. The van der Waals surface area contributed by atoms with Gasteiger partial charge in [-0.05, 0) is 38.8 Å². The van der Waals surface area contributed by atoms with Crippen LogP contribution in [0, 0.1) is 0 Å². The zero-order valence-electron chi connectivity index (χ0n) is 15.7. The van der Waals surface area contributed by atoms with E-state index >= 15 is 0 Å². The number of aryl methyl sites for hydroxylation is 1. The first-order valence-electron chi connectivity index (χ1n) is 9.97. The number of ether oxygens (including phenoxy) is 1. The summed E-state index contributed by atoms with van der Waals surface area (Å²) >= 11 is 0. The van der Waals surface area contributed by atoms with E-state index in [1.165, 1.54) is 12.8 Å². The molecule has 0 aliphatic carbocycles. The highest BCUT2D eigenvalue weighted by molar-refractivity contribution is 6.07. The number of rotatable bonds is 4. The van der Waals surface area contributed by atoms with Crippen molar-refractivity contribution >= 4 is 16.8 Å². The molecule has 3 heterocycles. The standard InChI is InChI=1S/C21H29N3O2/c1-2-23-16-19(18-8-3-4-9-20(18)23)21(25)24-11-6-10-22(12-13-24)15-17-7-5-14-26-17/h3-4,8-9,16-17H,2,5-7,10-15H2,1H3/t17-/m0/s1. The van der Waals surface area contributed by atoms with Gasteiger partial charge < -0.3 is 14.2 Å². The SMILES string of the molecule is CCn1cc(C(=O)N2CCCN(C[C@@H]3CCCO3)CC2)c2ccccc21. The molecule has 0 radical (unpaired) electrons. The van der Waals surface area contributed by atoms with Gasteiger partial charge in [-0.1, -0.05) is 18.2 Å². The van der Waals surface area contributed by atoms with Gasteiger partial charge in [-0.2, -0.15) is 0 Å². The fraction of sp³-hybridized carbons (Fsp3) is 0.571. The molecule has 2 aromatic rings. The highest BCUT2D eigenvalue weighted by Crippen LogP contribution is 2.23. The van der Waals surface area contributed by atoms with E-state index in [1.54, 1.807) is 0 Å². The number of aromatic nitrogens is 1. The van der Waals surface area contributed by atoms with Crippen LogP contribution in [0.25, 0.3) is 10.9 Å². The van der Waals surface area contributed by atoms with Crippen molar-refractivity contribution in [2.45, 2.75) is 38.8 Å². The molecule has 2 aliphatic heterocycles. The molecule has 5 nitrogen and oxygen atoms in total. The van der Waals surface area contributed by atoms with Gasteiger partial charge in [-0.25, -0.2) is 0 Å². The van der Waals surface area contributed by atoms with Crippen LogP contribution in [-0.2, 0) is 11.3 Å². The zero-order chi connectivity index (χ0) is 17.9. The first-order chi connectivity index (χ1) is 12.8. The Balaban J connectivity index is 1.47. The molecule has 5 heteroatoms. The second-order valence-corrected chi connectivity index (χ2v) is 7.43. The van der Waals surface area contributed by atoms with Crippen LogP contribution in [0.4, 0.5) is 0 Å². The average molecular weight is 355 g/mol. The summed E-state index contributed by atoms with van der Waals surface area (Å²) in [4.78, 5) is 17.7. The van der Waals surface area contributed by atoms with Crippen LogP contribution < -0.4 is 0 Å². The predicted molar refractivity (Wildman–Crippen MR) is 104 cm³/mol. The van der Waals surface area contributed by atoms with Crippen molar-refractivity contribution in [1.82, 2.24) is 14.4 Å². The maximum Gasteiger partial charge on any atom is 0.256 e. The van der Waals surface area contributed by atoms with Gasteiger partial charge in [-0.15, -0.1) is 0 Å². The number of nitrogens with zero attached hydrogens (tertiary/aromatic N) is 3. The van der Waals surface area contributed by atoms with E-state index in [-0.39, 0.29) is 5.91 Å². The molecule has 1 aromatic heterocycles. The molecule has 140 valence electrons. The van der Waals surface area contributed by atoms with E-state index in [1.807, 2.05) is 23.2 Å². The number of carbonyl (C=O) groups is 1. The third-order valence-corrected chi connectivity index (χ3v) is 5.72. The Morgan fingerprint density at radius 2 is 2.04 bits per heavy atom. The molecule has 2 fully saturated rings. The number of carbonyl (C=O) groups excluding carboxylic acids is 1. The van der Waals surface area contributed by atoms with Crippen LogP contribution >= 0.6 is 0 Å². The number of amides is 1. The molecular weight excluding hydrogens is 326 g/mol. The minimum absolute atomic E-state index is 0.173. The highest BCUT2D eigenvalue weighted by atomic mass is 16.5. The molecular formula is C21H29N3O2. The van der Waals surface area contributed by atoms with E-state index in [0.29, 0.717) is 6.10 Å². The van der Waals surface area contributed by atoms with Gasteiger partial charge in [0.25, 0.3) is 5.91 Å². The Morgan fingerprint density at radius 3 is 2.85 bits per heavy atom. The van der Waals surface area contributed by atoms with Crippen LogP contribution in [0.1, 0.15) is 36.5 Å². The minimum Gasteiger partial charge on any atom is -0.377 e. The van der Waals surface area contributed by atoms with Gasteiger partial charge in [0.1, 0.15) is 0 Å². The predicted octanol–water partition coefficient (Wildman–Crippen LogP) is 2.99. The lowest BCUT2D eigenvalue weighted by atomic mass is 10.1. The second kappa shape index (κ2) is 7.80. The topological polar surface area (TPSA) is 37.7 Å². The fourth-order valence-electron chi connectivity index (χ4n) is 4.28. The maximum atomic E-state index is 13.2. The Labute approximate surface area is 155 Å². The molecule has 1 amide bonds. The van der Waals surface area contributed by atoms with Gasteiger partial charge in [-0.3, -0.25) is 9.69 Å². The summed E-state index contributed by atoms with van der Waals surface area (Å²) in [5.41, 5.74) is 1.99. The largest absolute Gasteiger partial charge is 0.377 e. The summed E-state index contributed by atoms with van der Waals surface area (Å²) in [6.07, 6.45) is 5.81. The van der Waals surface area contributed by atoms with E-state index in [9.17, 15) is 4.79 Å². The van der Waals surface area contributed by atoms with Crippen molar-refractivity contribution < 1.29 is 9.53 Å². The quantitative estimate of drug-likeness (QED) is 0.846. The normalized spacial score (nSPS) is 22.0. The Bertz CT molecular complexity index is 764. The Hall–Kier alpha value is -1.85. The van der Waals surface area contributed by atoms with E-state index in [0.717, 1.165) is 68.8 Å². The lowest BCUT2D eigenvalue weighted by molar-refractivity contribution is 0.0705. The van der Waals surface area contributed by atoms with Crippen molar-refractivity contribution in [3.05, 3.63) is 36.0 Å². The molecule has 0 spiro atoms. The van der Waals surface area contributed by atoms with Crippen LogP contribution in [0.5, 0.6) is 0 Å². The monoisotopic (exact) mass is 355 g/mol.